The van der Waals surface area contributed by atoms with Crippen LogP contribution < -0.4 is 10.5 Å². The number of carbonyl (C=O) groups is 1. The highest BCUT2D eigenvalue weighted by Crippen LogP contribution is 2.37. The molecule has 1 atom stereocenters. The number of nitrogens with zero attached hydrogens (tertiary/aromatic N) is 3. The van der Waals surface area contributed by atoms with Gasteiger partial charge in [0, 0.05) is 12.3 Å². The van der Waals surface area contributed by atoms with Crippen LogP contribution in [0.25, 0.3) is 0 Å². The molecule has 1 saturated heterocycles. The van der Waals surface area contributed by atoms with E-state index < -0.39 is 0 Å². The summed E-state index contributed by atoms with van der Waals surface area (Å²) in [6.45, 7) is 0.614. The van der Waals surface area contributed by atoms with Crippen LogP contribution in [0.3, 0.4) is 0 Å². The molecule has 0 bridgehead atoms. The van der Waals surface area contributed by atoms with Crippen LogP contribution in [0.2, 0.25) is 0 Å². The van der Waals surface area contributed by atoms with E-state index in [0.717, 1.165) is 19.3 Å². The lowest BCUT2D eigenvalue weighted by Crippen LogP contribution is -2.38. The summed E-state index contributed by atoms with van der Waals surface area (Å²) >= 11 is 1.21. The largest absolute Gasteiger partial charge is 0.356 e. The van der Waals surface area contributed by atoms with Crippen LogP contribution in [0.15, 0.2) is 40.2 Å². The number of benzene rings is 1. The van der Waals surface area contributed by atoms with E-state index in [9.17, 15) is 14.0 Å². The van der Waals surface area contributed by atoms with Crippen LogP contribution in [0.4, 0.5) is 15.8 Å². The number of rotatable bonds is 2. The molecule has 8 heteroatoms. The Kier molecular flexibility index (Phi) is 4.30. The fraction of sp³-hybridized carbons (Fsp3) is 0.353. The molecule has 0 saturated carbocycles. The minimum Gasteiger partial charge on any atom is -0.356 e. The van der Waals surface area contributed by atoms with Gasteiger partial charge >= 0.3 is 0 Å². The van der Waals surface area contributed by atoms with Crippen molar-refractivity contribution in [1.29, 1.82) is 0 Å². The first-order valence-electron chi connectivity index (χ1n) is 8.10. The van der Waals surface area contributed by atoms with Gasteiger partial charge in [-0.05, 0) is 43.5 Å². The van der Waals surface area contributed by atoms with Gasteiger partial charge in [0.25, 0.3) is 5.56 Å². The molecule has 1 amide bonds. The summed E-state index contributed by atoms with van der Waals surface area (Å²) in [6.07, 6.45) is 3.88. The summed E-state index contributed by atoms with van der Waals surface area (Å²) in [5.74, 6) is -0.405. The van der Waals surface area contributed by atoms with Crippen molar-refractivity contribution in [1.82, 2.24) is 9.78 Å². The van der Waals surface area contributed by atoms with Gasteiger partial charge in [-0.2, -0.15) is 9.78 Å². The molecule has 1 fully saturated rings. The quantitative estimate of drug-likeness (QED) is 0.823. The zero-order valence-electron chi connectivity index (χ0n) is 13.4. The first kappa shape index (κ1) is 16.3. The Hall–Kier alpha value is -2.19. The summed E-state index contributed by atoms with van der Waals surface area (Å²) in [6, 6.07) is 5.61. The SMILES string of the molecule is O=C1CSc2c(cnn(C3CCCCO3)c2=O)N1c1ccc(F)cc1. The number of amides is 1. The van der Waals surface area contributed by atoms with Crippen LogP contribution in [-0.2, 0) is 9.53 Å². The molecule has 0 N–H and O–H groups in total. The highest BCUT2D eigenvalue weighted by molar-refractivity contribution is 8.00. The fourth-order valence-corrected chi connectivity index (χ4v) is 3.97. The molecular weight excluding hydrogens is 345 g/mol. The summed E-state index contributed by atoms with van der Waals surface area (Å²) < 4.78 is 20.2. The number of hydrogen-bond acceptors (Lipinski definition) is 5. The maximum Gasteiger partial charge on any atom is 0.285 e. The third-order valence-corrected chi connectivity index (χ3v) is 5.35. The van der Waals surface area contributed by atoms with Crippen molar-refractivity contribution in [3.05, 3.63) is 46.6 Å². The number of hydrogen-bond donors (Lipinski definition) is 0. The molecule has 1 unspecified atom stereocenters. The summed E-state index contributed by atoms with van der Waals surface area (Å²) in [4.78, 5) is 27.1. The number of fused-ring (bicyclic) bond motifs is 1. The topological polar surface area (TPSA) is 64.4 Å². The molecular formula is C17H16FN3O3S. The Labute approximate surface area is 147 Å². The van der Waals surface area contributed by atoms with Crippen LogP contribution in [-0.4, -0.2) is 28.0 Å². The molecule has 0 radical (unpaired) electrons. The maximum absolute atomic E-state index is 13.2. The minimum atomic E-state index is -0.384. The number of carbonyl (C=O) groups excluding carboxylic acids is 1. The van der Waals surface area contributed by atoms with Crippen molar-refractivity contribution >= 4 is 29.0 Å². The second kappa shape index (κ2) is 6.61. The van der Waals surface area contributed by atoms with E-state index in [2.05, 4.69) is 5.10 Å². The zero-order chi connectivity index (χ0) is 17.4. The van der Waals surface area contributed by atoms with Gasteiger partial charge in [-0.25, -0.2) is 4.39 Å². The molecule has 1 aromatic heterocycles. The number of anilines is 2. The van der Waals surface area contributed by atoms with Gasteiger partial charge in [0.2, 0.25) is 5.91 Å². The van der Waals surface area contributed by atoms with Gasteiger partial charge in [0.1, 0.15) is 10.7 Å². The van der Waals surface area contributed by atoms with Gasteiger partial charge in [-0.1, -0.05) is 0 Å². The van der Waals surface area contributed by atoms with Crippen LogP contribution in [0.1, 0.15) is 25.5 Å². The predicted octanol–water partition coefficient (Wildman–Crippen LogP) is 2.85. The average molecular weight is 361 g/mol. The van der Waals surface area contributed by atoms with E-state index in [1.807, 2.05) is 0 Å². The van der Waals surface area contributed by atoms with E-state index in [1.54, 1.807) is 0 Å². The van der Waals surface area contributed by atoms with Crippen molar-refractivity contribution in [3.8, 4) is 0 Å². The Morgan fingerprint density at radius 2 is 2.00 bits per heavy atom. The molecule has 2 aromatic rings. The number of thioether (sulfide) groups is 1. The molecule has 2 aliphatic rings. The van der Waals surface area contributed by atoms with Crippen molar-refractivity contribution in [2.45, 2.75) is 30.4 Å². The van der Waals surface area contributed by atoms with Gasteiger partial charge in [-0.15, -0.1) is 11.8 Å². The molecule has 25 heavy (non-hydrogen) atoms. The first-order chi connectivity index (χ1) is 12.1. The molecule has 130 valence electrons. The van der Waals surface area contributed by atoms with Crippen molar-refractivity contribution < 1.29 is 13.9 Å². The highest BCUT2D eigenvalue weighted by atomic mass is 32.2. The van der Waals surface area contributed by atoms with E-state index >= 15 is 0 Å². The van der Waals surface area contributed by atoms with E-state index in [-0.39, 0.29) is 29.3 Å². The first-order valence-corrected chi connectivity index (χ1v) is 9.08. The number of aromatic nitrogens is 2. The number of ether oxygens (including phenoxy) is 1. The Morgan fingerprint density at radius 1 is 1.20 bits per heavy atom. The number of halogens is 1. The molecule has 2 aliphatic heterocycles. The Balaban J connectivity index is 1.77. The molecule has 3 heterocycles. The second-order valence-electron chi connectivity index (χ2n) is 5.92. The predicted molar refractivity (Wildman–Crippen MR) is 91.6 cm³/mol. The zero-order valence-corrected chi connectivity index (χ0v) is 14.2. The van der Waals surface area contributed by atoms with Gasteiger partial charge in [0.05, 0.1) is 17.6 Å². The average Bonchev–Trinajstić information content (AvgIpc) is 2.64. The Morgan fingerprint density at radius 3 is 2.72 bits per heavy atom. The molecule has 6 nitrogen and oxygen atoms in total. The minimum absolute atomic E-state index is 0.148. The van der Waals surface area contributed by atoms with Crippen LogP contribution in [0.5, 0.6) is 0 Å². The van der Waals surface area contributed by atoms with Crippen molar-refractivity contribution in [2.24, 2.45) is 0 Å². The lowest BCUT2D eigenvalue weighted by atomic mass is 10.2. The third-order valence-electron chi connectivity index (χ3n) is 4.28. The van der Waals surface area contributed by atoms with E-state index in [4.69, 9.17) is 4.74 Å². The van der Waals surface area contributed by atoms with Gasteiger partial charge in [-0.3, -0.25) is 14.5 Å². The van der Waals surface area contributed by atoms with Crippen molar-refractivity contribution in [2.75, 3.05) is 17.3 Å². The molecule has 4 rings (SSSR count). The normalized spacial score (nSPS) is 20.4. The monoisotopic (exact) mass is 361 g/mol. The standard InChI is InChI=1S/C17H16FN3O3S/c18-11-4-6-12(7-5-11)20-13-9-19-21(15-3-1-2-8-24-15)17(23)16(13)25-10-14(20)22/h4-7,9,15H,1-3,8,10H2. The Bertz CT molecular complexity index is 862. The van der Waals surface area contributed by atoms with E-state index in [0.29, 0.717) is 22.9 Å². The van der Waals surface area contributed by atoms with Crippen LogP contribution in [0, 0.1) is 5.82 Å². The van der Waals surface area contributed by atoms with Crippen LogP contribution >= 0.6 is 11.8 Å². The smallest absolute Gasteiger partial charge is 0.285 e. The summed E-state index contributed by atoms with van der Waals surface area (Å²) in [5, 5.41) is 4.24. The fourth-order valence-electron chi connectivity index (χ4n) is 3.06. The van der Waals surface area contributed by atoms with Gasteiger partial charge in [0.15, 0.2) is 6.23 Å². The molecule has 1 aromatic carbocycles. The third kappa shape index (κ3) is 2.96. The van der Waals surface area contributed by atoms with Crippen molar-refractivity contribution in [3.63, 3.8) is 0 Å². The second-order valence-corrected chi connectivity index (χ2v) is 6.91. The van der Waals surface area contributed by atoms with Gasteiger partial charge < -0.3 is 4.74 Å². The lowest BCUT2D eigenvalue weighted by Gasteiger charge is -2.30. The molecule has 0 spiro atoms. The van der Waals surface area contributed by atoms with E-state index in [1.165, 1.54) is 51.8 Å². The summed E-state index contributed by atoms with van der Waals surface area (Å²) in [7, 11) is 0. The molecule has 0 aliphatic carbocycles. The highest BCUT2D eigenvalue weighted by Gasteiger charge is 2.31. The lowest BCUT2D eigenvalue weighted by molar-refractivity contribution is -0.115. The summed E-state index contributed by atoms with van der Waals surface area (Å²) in [5.41, 5.74) is 0.694. The maximum atomic E-state index is 13.2.